The average molecular weight is 243 g/mol. The molecule has 3 aromatic rings. The lowest BCUT2D eigenvalue weighted by molar-refractivity contribution is 0.0696. The van der Waals surface area contributed by atoms with Gasteiger partial charge in [0.05, 0.1) is 11.1 Å². The minimum Gasteiger partial charge on any atom is -0.478 e. The Balaban J connectivity index is 2.49. The number of H-pyrrole nitrogens is 1. The van der Waals surface area contributed by atoms with E-state index in [0.29, 0.717) is 16.7 Å². The number of carbonyl (C=O) groups is 1. The van der Waals surface area contributed by atoms with Gasteiger partial charge in [-0.15, -0.1) is 0 Å². The molecule has 0 fully saturated rings. The third-order valence-corrected chi connectivity index (χ3v) is 2.78. The van der Waals surface area contributed by atoms with Crippen molar-refractivity contribution in [3.8, 4) is 0 Å². The lowest BCUT2D eigenvalue weighted by Gasteiger charge is -2.02. The van der Waals surface area contributed by atoms with Crippen molar-refractivity contribution < 1.29 is 9.90 Å². The van der Waals surface area contributed by atoms with E-state index in [0.717, 1.165) is 5.56 Å². The van der Waals surface area contributed by atoms with Crippen molar-refractivity contribution in [3.63, 3.8) is 0 Å². The Bertz CT molecular complexity index is 845. The number of aromatic carboxylic acids is 1. The second kappa shape index (κ2) is 3.43. The molecule has 0 spiro atoms. The molecule has 0 saturated heterocycles. The molecule has 0 bridgehead atoms. The van der Waals surface area contributed by atoms with Crippen LogP contribution in [0.1, 0.15) is 15.9 Å². The first-order valence-corrected chi connectivity index (χ1v) is 5.30. The van der Waals surface area contributed by atoms with Gasteiger partial charge in [-0.3, -0.25) is 9.20 Å². The molecule has 6 heteroatoms. The summed E-state index contributed by atoms with van der Waals surface area (Å²) in [7, 11) is 0. The van der Waals surface area contributed by atoms with Crippen molar-refractivity contribution in [2.45, 2.75) is 6.92 Å². The van der Waals surface area contributed by atoms with Crippen molar-refractivity contribution in [1.82, 2.24) is 14.4 Å². The van der Waals surface area contributed by atoms with E-state index in [1.165, 1.54) is 12.3 Å². The van der Waals surface area contributed by atoms with Crippen LogP contribution in [0.2, 0.25) is 0 Å². The molecule has 0 aromatic carbocycles. The highest BCUT2D eigenvalue weighted by Crippen LogP contribution is 2.13. The van der Waals surface area contributed by atoms with Gasteiger partial charge < -0.3 is 10.1 Å². The fourth-order valence-corrected chi connectivity index (χ4v) is 1.99. The number of aryl methyl sites for hydroxylation is 1. The highest BCUT2D eigenvalue weighted by Gasteiger charge is 2.10. The number of nitrogens with one attached hydrogen (secondary N) is 1. The summed E-state index contributed by atoms with van der Waals surface area (Å²) < 4.78 is 1.66. The van der Waals surface area contributed by atoms with Crippen LogP contribution in [0.5, 0.6) is 0 Å². The number of fused-ring (bicyclic) bond motifs is 3. The summed E-state index contributed by atoms with van der Waals surface area (Å²) in [5.41, 5.74) is 2.15. The Morgan fingerprint density at radius 1 is 1.44 bits per heavy atom. The zero-order valence-electron chi connectivity index (χ0n) is 9.47. The number of aromatic nitrogens is 3. The lowest BCUT2D eigenvalue weighted by Crippen LogP contribution is -2.11. The van der Waals surface area contributed by atoms with Crippen LogP contribution in [-0.2, 0) is 0 Å². The second-order valence-corrected chi connectivity index (χ2v) is 4.13. The van der Waals surface area contributed by atoms with Gasteiger partial charge >= 0.3 is 5.97 Å². The third-order valence-electron chi connectivity index (χ3n) is 2.78. The maximum atomic E-state index is 11.8. The first kappa shape index (κ1) is 10.5. The van der Waals surface area contributed by atoms with Crippen LogP contribution in [-0.4, -0.2) is 25.4 Å². The maximum Gasteiger partial charge on any atom is 0.337 e. The minimum atomic E-state index is -1.07. The number of aromatic amines is 1. The summed E-state index contributed by atoms with van der Waals surface area (Å²) >= 11 is 0. The monoisotopic (exact) mass is 243 g/mol. The van der Waals surface area contributed by atoms with Gasteiger partial charge in [0, 0.05) is 12.4 Å². The molecule has 0 radical (unpaired) electrons. The van der Waals surface area contributed by atoms with Gasteiger partial charge in [-0.05, 0) is 24.6 Å². The molecule has 0 aliphatic heterocycles. The molecule has 0 aliphatic rings. The highest BCUT2D eigenvalue weighted by atomic mass is 16.4. The normalized spacial score (nSPS) is 11.2. The molecule has 0 aliphatic carbocycles. The highest BCUT2D eigenvalue weighted by molar-refractivity contribution is 5.91. The van der Waals surface area contributed by atoms with Crippen LogP contribution in [0.15, 0.2) is 29.3 Å². The fraction of sp³-hybridized carbons (Fsp3) is 0.0833. The molecule has 6 nitrogen and oxygen atoms in total. The van der Waals surface area contributed by atoms with Crippen molar-refractivity contribution in [1.29, 1.82) is 0 Å². The average Bonchev–Trinajstić information content (AvgIpc) is 2.71. The smallest absolute Gasteiger partial charge is 0.337 e. The zero-order chi connectivity index (χ0) is 12.9. The number of nitrogens with zero attached hydrogens (tertiary/aromatic N) is 2. The third kappa shape index (κ3) is 1.39. The number of carboxylic acid groups (broad SMARTS) is 1. The molecule has 0 saturated carbocycles. The second-order valence-electron chi connectivity index (χ2n) is 4.13. The summed E-state index contributed by atoms with van der Waals surface area (Å²) in [6.45, 7) is 1.88. The van der Waals surface area contributed by atoms with Crippen LogP contribution in [0.3, 0.4) is 0 Å². The summed E-state index contributed by atoms with van der Waals surface area (Å²) in [5, 5.41) is 8.89. The predicted molar refractivity (Wildman–Crippen MR) is 65.0 cm³/mol. The maximum absolute atomic E-state index is 11.8. The van der Waals surface area contributed by atoms with Gasteiger partial charge in [0.2, 0.25) is 0 Å². The Labute approximate surface area is 101 Å². The predicted octanol–water partition coefficient (Wildman–Crippen LogP) is 1.18. The first-order chi connectivity index (χ1) is 8.56. The Hall–Kier alpha value is -2.63. The van der Waals surface area contributed by atoms with Gasteiger partial charge in [0.25, 0.3) is 5.56 Å². The van der Waals surface area contributed by atoms with E-state index in [9.17, 15) is 9.59 Å². The van der Waals surface area contributed by atoms with Crippen LogP contribution < -0.4 is 5.56 Å². The molecule has 0 unspecified atom stereocenters. The molecule has 90 valence electrons. The van der Waals surface area contributed by atoms with Gasteiger partial charge in [-0.1, -0.05) is 0 Å². The molecule has 0 amide bonds. The molecule has 3 rings (SSSR count). The van der Waals surface area contributed by atoms with E-state index < -0.39 is 5.97 Å². The quantitative estimate of drug-likeness (QED) is 0.671. The standard InChI is InChI=1S/C12H9N3O3/c1-6-2-9-11(16)14-8-3-7(12(17)18)4-13-10(8)15(9)5-6/h2-5H,1H3,(H,14,16)(H,17,18). The summed E-state index contributed by atoms with van der Waals surface area (Å²) in [5.74, 6) is -1.07. The molecule has 18 heavy (non-hydrogen) atoms. The number of carboxylic acids is 1. The first-order valence-electron chi connectivity index (χ1n) is 5.30. The number of hydrogen-bond acceptors (Lipinski definition) is 3. The van der Waals surface area contributed by atoms with Gasteiger partial charge in [0.15, 0.2) is 5.65 Å². The Kier molecular flexibility index (Phi) is 2.00. The molecule has 3 heterocycles. The van der Waals surface area contributed by atoms with Crippen molar-refractivity contribution in [2.75, 3.05) is 0 Å². The largest absolute Gasteiger partial charge is 0.478 e. The van der Waals surface area contributed by atoms with Crippen LogP contribution in [0.4, 0.5) is 0 Å². The Morgan fingerprint density at radius 3 is 2.94 bits per heavy atom. The number of rotatable bonds is 1. The van der Waals surface area contributed by atoms with E-state index in [-0.39, 0.29) is 11.1 Å². The summed E-state index contributed by atoms with van der Waals surface area (Å²) in [6, 6.07) is 3.16. The van der Waals surface area contributed by atoms with Gasteiger partial charge in [-0.25, -0.2) is 9.78 Å². The SMILES string of the molecule is Cc1cc2c(=O)[nH]c3cc(C(=O)O)cnc3n2c1. The fourth-order valence-electron chi connectivity index (χ4n) is 1.99. The number of hydrogen-bond donors (Lipinski definition) is 2. The lowest BCUT2D eigenvalue weighted by atomic mass is 10.2. The topological polar surface area (TPSA) is 87.5 Å². The van der Waals surface area contributed by atoms with Crippen LogP contribution in [0.25, 0.3) is 16.7 Å². The number of pyridine rings is 1. The van der Waals surface area contributed by atoms with E-state index in [4.69, 9.17) is 5.11 Å². The van der Waals surface area contributed by atoms with E-state index >= 15 is 0 Å². The van der Waals surface area contributed by atoms with Crippen molar-refractivity contribution in [3.05, 3.63) is 46.0 Å². The summed E-state index contributed by atoms with van der Waals surface area (Å²) in [6.07, 6.45) is 3.07. The van der Waals surface area contributed by atoms with Crippen LogP contribution in [0, 0.1) is 6.92 Å². The van der Waals surface area contributed by atoms with Crippen molar-refractivity contribution in [2.24, 2.45) is 0 Å². The van der Waals surface area contributed by atoms with E-state index in [1.54, 1.807) is 16.7 Å². The van der Waals surface area contributed by atoms with Gasteiger partial charge in [-0.2, -0.15) is 0 Å². The van der Waals surface area contributed by atoms with E-state index in [1.807, 2.05) is 6.92 Å². The molecular formula is C12H9N3O3. The van der Waals surface area contributed by atoms with Crippen molar-refractivity contribution >= 4 is 22.6 Å². The molecule has 3 aromatic heterocycles. The van der Waals surface area contributed by atoms with Crippen LogP contribution >= 0.6 is 0 Å². The zero-order valence-corrected chi connectivity index (χ0v) is 9.47. The Morgan fingerprint density at radius 2 is 2.22 bits per heavy atom. The molecular weight excluding hydrogens is 234 g/mol. The van der Waals surface area contributed by atoms with Gasteiger partial charge in [0.1, 0.15) is 5.52 Å². The molecule has 0 atom stereocenters. The minimum absolute atomic E-state index is 0.0429. The summed E-state index contributed by atoms with van der Waals surface area (Å²) in [4.78, 5) is 29.4. The van der Waals surface area contributed by atoms with E-state index in [2.05, 4.69) is 9.97 Å². The molecule has 2 N–H and O–H groups in total.